The third-order valence-corrected chi connectivity index (χ3v) is 2.83. The van der Waals surface area contributed by atoms with Crippen molar-refractivity contribution in [1.29, 1.82) is 0 Å². The summed E-state index contributed by atoms with van der Waals surface area (Å²) in [7, 11) is 0. The van der Waals surface area contributed by atoms with Crippen LogP contribution in [0.3, 0.4) is 0 Å². The van der Waals surface area contributed by atoms with Gasteiger partial charge in [-0.15, -0.1) is 10.2 Å². The SMILES string of the molecule is Brc1ccn2c(C3CC3)nnc2c1. The number of hydrogen-bond acceptors (Lipinski definition) is 2. The van der Waals surface area contributed by atoms with E-state index >= 15 is 0 Å². The van der Waals surface area contributed by atoms with Gasteiger partial charge in [0.2, 0.25) is 0 Å². The number of hydrogen-bond donors (Lipinski definition) is 0. The topological polar surface area (TPSA) is 30.2 Å². The van der Waals surface area contributed by atoms with Crippen molar-refractivity contribution in [2.75, 3.05) is 0 Å². The van der Waals surface area contributed by atoms with Crippen LogP contribution in [-0.4, -0.2) is 14.6 Å². The molecule has 2 heterocycles. The predicted molar refractivity (Wildman–Crippen MR) is 52.7 cm³/mol. The largest absolute Gasteiger partial charge is 0.286 e. The van der Waals surface area contributed by atoms with Crippen molar-refractivity contribution in [1.82, 2.24) is 14.6 Å². The minimum atomic E-state index is 0.649. The average Bonchev–Trinajstić information content (AvgIpc) is 2.87. The monoisotopic (exact) mass is 237 g/mol. The summed E-state index contributed by atoms with van der Waals surface area (Å²) >= 11 is 3.41. The van der Waals surface area contributed by atoms with E-state index in [1.807, 2.05) is 18.3 Å². The Morgan fingerprint density at radius 2 is 2.23 bits per heavy atom. The zero-order chi connectivity index (χ0) is 8.84. The Kier molecular flexibility index (Phi) is 1.47. The van der Waals surface area contributed by atoms with Crippen LogP contribution in [0.2, 0.25) is 0 Å². The molecule has 0 atom stereocenters. The molecule has 1 aliphatic rings. The lowest BCUT2D eigenvalue weighted by atomic mass is 10.4. The smallest absolute Gasteiger partial charge is 0.161 e. The standard InChI is InChI=1S/C9H8BrN3/c10-7-3-4-13-8(5-7)11-12-9(13)6-1-2-6/h3-6H,1-2H2. The molecule has 2 aromatic rings. The molecule has 0 amide bonds. The van der Waals surface area contributed by atoms with Crippen LogP contribution in [0.4, 0.5) is 0 Å². The summed E-state index contributed by atoms with van der Waals surface area (Å²) < 4.78 is 3.12. The Hall–Kier alpha value is -0.900. The van der Waals surface area contributed by atoms with E-state index in [9.17, 15) is 0 Å². The molecule has 0 saturated heterocycles. The zero-order valence-electron chi connectivity index (χ0n) is 6.94. The normalized spacial score (nSPS) is 16.7. The van der Waals surface area contributed by atoms with E-state index in [0.717, 1.165) is 15.9 Å². The minimum Gasteiger partial charge on any atom is -0.286 e. The van der Waals surface area contributed by atoms with Crippen LogP contribution in [0.15, 0.2) is 22.8 Å². The number of nitrogens with zero attached hydrogens (tertiary/aromatic N) is 3. The summed E-state index contributed by atoms with van der Waals surface area (Å²) in [6.45, 7) is 0. The molecule has 1 fully saturated rings. The summed E-state index contributed by atoms with van der Waals surface area (Å²) in [4.78, 5) is 0. The first-order chi connectivity index (χ1) is 6.34. The number of rotatable bonds is 1. The number of fused-ring (bicyclic) bond motifs is 1. The van der Waals surface area contributed by atoms with Crippen molar-refractivity contribution in [3.05, 3.63) is 28.6 Å². The molecule has 4 heteroatoms. The van der Waals surface area contributed by atoms with Crippen molar-refractivity contribution in [2.24, 2.45) is 0 Å². The van der Waals surface area contributed by atoms with Gasteiger partial charge in [-0.2, -0.15) is 0 Å². The van der Waals surface area contributed by atoms with E-state index < -0.39 is 0 Å². The highest BCUT2D eigenvalue weighted by Gasteiger charge is 2.28. The molecule has 0 unspecified atom stereocenters. The number of halogens is 1. The van der Waals surface area contributed by atoms with Gasteiger partial charge in [0.1, 0.15) is 5.82 Å². The predicted octanol–water partition coefficient (Wildman–Crippen LogP) is 2.37. The van der Waals surface area contributed by atoms with Gasteiger partial charge in [0.25, 0.3) is 0 Å². The van der Waals surface area contributed by atoms with Crippen molar-refractivity contribution in [2.45, 2.75) is 18.8 Å². The summed E-state index contributed by atoms with van der Waals surface area (Å²) in [5, 5.41) is 8.31. The van der Waals surface area contributed by atoms with Gasteiger partial charge in [0.15, 0.2) is 5.65 Å². The maximum Gasteiger partial charge on any atom is 0.161 e. The number of aromatic nitrogens is 3. The quantitative estimate of drug-likeness (QED) is 0.763. The molecule has 0 bridgehead atoms. The van der Waals surface area contributed by atoms with Crippen LogP contribution in [-0.2, 0) is 0 Å². The fourth-order valence-electron chi connectivity index (χ4n) is 1.50. The number of pyridine rings is 1. The molecule has 3 nitrogen and oxygen atoms in total. The fraction of sp³-hybridized carbons (Fsp3) is 0.333. The Labute approximate surface area is 83.9 Å². The molecular weight excluding hydrogens is 230 g/mol. The lowest BCUT2D eigenvalue weighted by Crippen LogP contribution is -1.90. The highest BCUT2D eigenvalue weighted by molar-refractivity contribution is 9.10. The maximum absolute atomic E-state index is 4.19. The lowest BCUT2D eigenvalue weighted by Gasteiger charge is -1.96. The van der Waals surface area contributed by atoms with Gasteiger partial charge in [0.05, 0.1) is 0 Å². The Morgan fingerprint density at radius 1 is 1.38 bits per heavy atom. The van der Waals surface area contributed by atoms with E-state index in [1.54, 1.807) is 0 Å². The lowest BCUT2D eigenvalue weighted by molar-refractivity contribution is 0.897. The molecule has 66 valence electrons. The summed E-state index contributed by atoms with van der Waals surface area (Å²) in [5.41, 5.74) is 0.927. The van der Waals surface area contributed by atoms with Crippen LogP contribution in [0.1, 0.15) is 24.6 Å². The first-order valence-corrected chi connectivity index (χ1v) is 5.14. The van der Waals surface area contributed by atoms with E-state index in [1.165, 1.54) is 12.8 Å². The highest BCUT2D eigenvalue weighted by Crippen LogP contribution is 2.38. The van der Waals surface area contributed by atoms with E-state index in [-0.39, 0.29) is 0 Å². The molecule has 1 saturated carbocycles. The van der Waals surface area contributed by atoms with Crippen LogP contribution in [0.5, 0.6) is 0 Å². The summed E-state index contributed by atoms with van der Waals surface area (Å²) in [6, 6.07) is 4.00. The Balaban J connectivity index is 2.26. The molecule has 0 radical (unpaired) electrons. The molecule has 0 N–H and O–H groups in total. The van der Waals surface area contributed by atoms with Crippen LogP contribution >= 0.6 is 15.9 Å². The van der Waals surface area contributed by atoms with E-state index in [2.05, 4.69) is 30.5 Å². The molecule has 0 aromatic carbocycles. The van der Waals surface area contributed by atoms with Gasteiger partial charge in [-0.3, -0.25) is 4.40 Å². The van der Waals surface area contributed by atoms with E-state index in [0.29, 0.717) is 5.92 Å². The maximum atomic E-state index is 4.19. The van der Waals surface area contributed by atoms with Gasteiger partial charge >= 0.3 is 0 Å². The van der Waals surface area contributed by atoms with Gasteiger partial charge in [-0.05, 0) is 25.0 Å². The van der Waals surface area contributed by atoms with Gasteiger partial charge in [-0.1, -0.05) is 15.9 Å². The first kappa shape index (κ1) is 7.50. The van der Waals surface area contributed by atoms with Gasteiger partial charge in [0, 0.05) is 16.6 Å². The first-order valence-electron chi connectivity index (χ1n) is 4.35. The second kappa shape index (κ2) is 2.54. The van der Waals surface area contributed by atoms with Gasteiger partial charge < -0.3 is 0 Å². The highest BCUT2D eigenvalue weighted by atomic mass is 79.9. The molecule has 13 heavy (non-hydrogen) atoms. The molecule has 0 spiro atoms. The van der Waals surface area contributed by atoms with Crippen molar-refractivity contribution in [3.8, 4) is 0 Å². The minimum absolute atomic E-state index is 0.649. The third-order valence-electron chi connectivity index (χ3n) is 2.34. The Bertz CT molecular complexity index is 459. The van der Waals surface area contributed by atoms with Crippen molar-refractivity contribution in [3.63, 3.8) is 0 Å². The Morgan fingerprint density at radius 3 is 3.00 bits per heavy atom. The van der Waals surface area contributed by atoms with Crippen LogP contribution in [0.25, 0.3) is 5.65 Å². The summed E-state index contributed by atoms with van der Waals surface area (Å²) in [6.07, 6.45) is 4.54. The fourth-order valence-corrected chi connectivity index (χ4v) is 1.83. The molecule has 3 rings (SSSR count). The molecule has 0 aliphatic heterocycles. The van der Waals surface area contributed by atoms with Crippen LogP contribution < -0.4 is 0 Å². The summed E-state index contributed by atoms with van der Waals surface area (Å²) in [5.74, 6) is 1.76. The van der Waals surface area contributed by atoms with E-state index in [4.69, 9.17) is 0 Å². The third kappa shape index (κ3) is 1.16. The second-order valence-electron chi connectivity index (χ2n) is 3.41. The molecular formula is C9H8BrN3. The molecule has 2 aromatic heterocycles. The van der Waals surface area contributed by atoms with Crippen molar-refractivity contribution < 1.29 is 0 Å². The average molecular weight is 238 g/mol. The second-order valence-corrected chi connectivity index (χ2v) is 4.32. The van der Waals surface area contributed by atoms with Gasteiger partial charge in [-0.25, -0.2) is 0 Å². The zero-order valence-corrected chi connectivity index (χ0v) is 8.53. The van der Waals surface area contributed by atoms with Crippen LogP contribution in [0, 0.1) is 0 Å². The van der Waals surface area contributed by atoms with Crippen molar-refractivity contribution >= 4 is 21.6 Å². The molecule has 1 aliphatic carbocycles.